The molecule has 2 heteroatoms. The summed E-state index contributed by atoms with van der Waals surface area (Å²) in [6.45, 7) is 14.5. The van der Waals surface area contributed by atoms with Crippen LogP contribution in [0, 0.1) is 13.8 Å². The van der Waals surface area contributed by atoms with Crippen LogP contribution in [0.25, 0.3) is 0 Å². The van der Waals surface area contributed by atoms with Gasteiger partial charge < -0.3 is 5.11 Å². The molecule has 1 unspecified atom stereocenters. The normalized spacial score (nSPS) is 14.0. The van der Waals surface area contributed by atoms with E-state index >= 15 is 0 Å². The van der Waals surface area contributed by atoms with Crippen molar-refractivity contribution in [2.45, 2.75) is 53.2 Å². The Morgan fingerprint density at radius 2 is 1.72 bits per heavy atom. The number of likely N-dealkylation sites (N-methyl/N-ethyl adjacent to an activating group) is 1. The van der Waals surface area contributed by atoms with Crippen molar-refractivity contribution < 1.29 is 5.11 Å². The Kier molecular flexibility index (Phi) is 4.94. The fourth-order valence-electron chi connectivity index (χ4n) is 2.65. The summed E-state index contributed by atoms with van der Waals surface area (Å²) in [6.07, 6.45) is -0.461. The summed E-state index contributed by atoms with van der Waals surface area (Å²) in [6, 6.07) is 6.29. The van der Waals surface area contributed by atoms with Crippen molar-refractivity contribution in [2.75, 3.05) is 13.1 Å². The monoisotopic (exact) mass is 249 g/mol. The van der Waals surface area contributed by atoms with E-state index in [0.717, 1.165) is 24.2 Å². The fraction of sp³-hybridized carbons (Fsp3) is 0.625. The Balaban J connectivity index is 3.12. The lowest BCUT2D eigenvalue weighted by Gasteiger charge is -2.41. The summed E-state index contributed by atoms with van der Waals surface area (Å²) in [7, 11) is 0. The number of aliphatic hydroxyl groups is 1. The van der Waals surface area contributed by atoms with E-state index in [2.05, 4.69) is 64.6 Å². The van der Waals surface area contributed by atoms with Gasteiger partial charge >= 0.3 is 0 Å². The Morgan fingerprint density at radius 3 is 2.22 bits per heavy atom. The number of rotatable bonds is 5. The third-order valence-corrected chi connectivity index (χ3v) is 3.98. The maximum absolute atomic E-state index is 10.7. The van der Waals surface area contributed by atoms with Gasteiger partial charge in [-0.3, -0.25) is 4.90 Å². The summed E-state index contributed by atoms with van der Waals surface area (Å²) in [5.74, 6) is 0. The van der Waals surface area contributed by atoms with Crippen LogP contribution >= 0.6 is 0 Å². The van der Waals surface area contributed by atoms with E-state index < -0.39 is 6.10 Å². The molecule has 102 valence electrons. The predicted octanol–water partition coefficient (Wildman–Crippen LogP) is 3.46. The molecule has 0 bridgehead atoms. The number of benzene rings is 1. The number of aryl methyl sites for hydroxylation is 2. The highest BCUT2D eigenvalue weighted by atomic mass is 16.3. The maximum atomic E-state index is 10.7. The molecule has 1 aromatic rings. The van der Waals surface area contributed by atoms with Gasteiger partial charge in [0.05, 0.1) is 6.10 Å². The summed E-state index contributed by atoms with van der Waals surface area (Å²) < 4.78 is 0. The maximum Gasteiger partial charge on any atom is 0.0970 e. The summed E-state index contributed by atoms with van der Waals surface area (Å²) >= 11 is 0. The van der Waals surface area contributed by atoms with E-state index in [1.165, 1.54) is 5.56 Å². The van der Waals surface area contributed by atoms with E-state index in [-0.39, 0.29) is 5.54 Å². The van der Waals surface area contributed by atoms with Crippen molar-refractivity contribution >= 4 is 0 Å². The standard InChI is InChI=1S/C16H27NO/c1-7-17(8-2)16(5,6)15(18)14-11-12(3)9-10-13(14)4/h9-11,15,18H,7-8H2,1-6H3. The van der Waals surface area contributed by atoms with Gasteiger partial charge in [-0.1, -0.05) is 37.6 Å². The van der Waals surface area contributed by atoms with Crippen molar-refractivity contribution in [1.82, 2.24) is 4.90 Å². The highest BCUT2D eigenvalue weighted by Crippen LogP contribution is 2.32. The number of hydrogen-bond acceptors (Lipinski definition) is 2. The molecule has 0 amide bonds. The molecule has 0 fully saturated rings. The van der Waals surface area contributed by atoms with Crippen LogP contribution in [0.15, 0.2) is 18.2 Å². The molecule has 1 N–H and O–H groups in total. The Bertz CT molecular complexity index is 394. The zero-order chi connectivity index (χ0) is 13.9. The van der Waals surface area contributed by atoms with Gasteiger partial charge in [0.2, 0.25) is 0 Å². The van der Waals surface area contributed by atoms with Crippen molar-refractivity contribution in [3.63, 3.8) is 0 Å². The first kappa shape index (κ1) is 15.2. The second-order valence-electron chi connectivity index (χ2n) is 5.59. The lowest BCUT2D eigenvalue weighted by atomic mass is 9.86. The smallest absolute Gasteiger partial charge is 0.0970 e. The van der Waals surface area contributed by atoms with Crippen molar-refractivity contribution in [1.29, 1.82) is 0 Å². The van der Waals surface area contributed by atoms with Gasteiger partial charge in [0, 0.05) is 5.54 Å². The molecule has 0 radical (unpaired) electrons. The molecule has 0 saturated heterocycles. The van der Waals surface area contributed by atoms with Crippen molar-refractivity contribution in [3.05, 3.63) is 34.9 Å². The van der Waals surface area contributed by atoms with Gasteiger partial charge in [0.1, 0.15) is 0 Å². The summed E-state index contributed by atoms with van der Waals surface area (Å²) in [5.41, 5.74) is 3.16. The van der Waals surface area contributed by atoms with Crippen molar-refractivity contribution in [2.24, 2.45) is 0 Å². The molecule has 0 aliphatic rings. The van der Waals surface area contributed by atoms with Crippen molar-refractivity contribution in [3.8, 4) is 0 Å². The third-order valence-electron chi connectivity index (χ3n) is 3.98. The molecule has 0 aromatic heterocycles. The summed E-state index contributed by atoms with van der Waals surface area (Å²) in [5, 5.41) is 10.7. The second kappa shape index (κ2) is 5.85. The molecular weight excluding hydrogens is 222 g/mol. The highest BCUT2D eigenvalue weighted by molar-refractivity contribution is 5.33. The van der Waals surface area contributed by atoms with Crippen LogP contribution < -0.4 is 0 Å². The Labute approximate surface area is 112 Å². The van der Waals surface area contributed by atoms with Gasteiger partial charge in [-0.25, -0.2) is 0 Å². The van der Waals surface area contributed by atoms with Gasteiger partial charge in [-0.15, -0.1) is 0 Å². The number of hydrogen-bond donors (Lipinski definition) is 1. The van der Waals surface area contributed by atoms with Gasteiger partial charge in [-0.2, -0.15) is 0 Å². The molecule has 1 atom stereocenters. The topological polar surface area (TPSA) is 23.5 Å². The molecule has 0 aliphatic carbocycles. The predicted molar refractivity (Wildman–Crippen MR) is 77.9 cm³/mol. The number of nitrogens with zero attached hydrogens (tertiary/aromatic N) is 1. The molecule has 0 spiro atoms. The lowest BCUT2D eigenvalue weighted by molar-refractivity contribution is -0.00662. The average molecular weight is 249 g/mol. The van der Waals surface area contributed by atoms with E-state index in [9.17, 15) is 5.11 Å². The SMILES string of the molecule is CCN(CC)C(C)(C)C(O)c1cc(C)ccc1C. The molecule has 0 aliphatic heterocycles. The number of aliphatic hydroxyl groups excluding tert-OH is 1. The average Bonchev–Trinajstić information content (AvgIpc) is 2.32. The van der Waals surface area contributed by atoms with Crippen LogP contribution in [0.3, 0.4) is 0 Å². The quantitative estimate of drug-likeness (QED) is 0.864. The molecule has 2 nitrogen and oxygen atoms in total. The first-order valence-electron chi connectivity index (χ1n) is 6.84. The molecule has 0 saturated carbocycles. The van der Waals surface area contributed by atoms with E-state index in [4.69, 9.17) is 0 Å². The van der Waals surface area contributed by atoms with Crippen LogP contribution in [-0.2, 0) is 0 Å². The van der Waals surface area contributed by atoms with Gasteiger partial charge in [0.25, 0.3) is 0 Å². The lowest BCUT2D eigenvalue weighted by Crippen LogP contribution is -2.48. The van der Waals surface area contributed by atoms with Crippen LogP contribution in [0.5, 0.6) is 0 Å². The molecule has 0 heterocycles. The molecular formula is C16H27NO. The van der Waals surface area contributed by atoms with Crippen LogP contribution in [0.2, 0.25) is 0 Å². The van der Waals surface area contributed by atoms with Crippen LogP contribution in [-0.4, -0.2) is 28.6 Å². The fourth-order valence-corrected chi connectivity index (χ4v) is 2.65. The molecule has 1 rings (SSSR count). The highest BCUT2D eigenvalue weighted by Gasteiger charge is 2.34. The largest absolute Gasteiger partial charge is 0.386 e. The Hall–Kier alpha value is -0.860. The van der Waals surface area contributed by atoms with E-state index in [1.807, 2.05) is 0 Å². The van der Waals surface area contributed by atoms with Crippen LogP contribution in [0.4, 0.5) is 0 Å². The zero-order valence-corrected chi connectivity index (χ0v) is 12.6. The second-order valence-corrected chi connectivity index (χ2v) is 5.59. The summed E-state index contributed by atoms with van der Waals surface area (Å²) in [4.78, 5) is 2.30. The van der Waals surface area contributed by atoms with Gasteiger partial charge in [0.15, 0.2) is 0 Å². The minimum absolute atomic E-state index is 0.248. The molecule has 1 aromatic carbocycles. The first-order valence-corrected chi connectivity index (χ1v) is 6.84. The van der Waals surface area contributed by atoms with E-state index in [0.29, 0.717) is 0 Å². The molecule has 18 heavy (non-hydrogen) atoms. The Morgan fingerprint density at radius 1 is 1.17 bits per heavy atom. The first-order chi connectivity index (χ1) is 8.34. The zero-order valence-electron chi connectivity index (χ0n) is 12.6. The van der Waals surface area contributed by atoms with E-state index in [1.54, 1.807) is 0 Å². The minimum atomic E-state index is -0.461. The van der Waals surface area contributed by atoms with Gasteiger partial charge in [-0.05, 0) is 51.9 Å². The third kappa shape index (κ3) is 2.93. The van der Waals surface area contributed by atoms with Crippen LogP contribution in [0.1, 0.15) is 50.5 Å². The minimum Gasteiger partial charge on any atom is -0.386 e.